The molecule has 1 atom stereocenters. The first-order valence-corrected chi connectivity index (χ1v) is 12.4. The molecule has 1 aromatic carbocycles. The van der Waals surface area contributed by atoms with Crippen LogP contribution in [0.15, 0.2) is 46.8 Å². The van der Waals surface area contributed by atoms with Gasteiger partial charge in [-0.3, -0.25) is 9.59 Å². The predicted octanol–water partition coefficient (Wildman–Crippen LogP) is 2.98. The highest BCUT2D eigenvalue weighted by Crippen LogP contribution is 2.41. The van der Waals surface area contributed by atoms with Gasteiger partial charge in [-0.2, -0.15) is 0 Å². The number of nitrogens with one attached hydrogen (secondary N) is 1. The van der Waals surface area contributed by atoms with E-state index in [4.69, 9.17) is 41.8 Å². The number of aliphatic carboxylic acids is 2. The van der Waals surface area contributed by atoms with Gasteiger partial charge in [0.15, 0.2) is 0 Å². The first kappa shape index (κ1) is 32.6. The molecule has 0 aliphatic carbocycles. The summed E-state index contributed by atoms with van der Waals surface area (Å²) in [5.41, 5.74) is 7.70. The van der Waals surface area contributed by atoms with Crippen LogP contribution in [0.3, 0.4) is 0 Å². The summed E-state index contributed by atoms with van der Waals surface area (Å²) in [5, 5.41) is 19.8. The van der Waals surface area contributed by atoms with Crippen LogP contribution in [-0.4, -0.2) is 67.6 Å². The molecule has 0 bridgehead atoms. The number of esters is 2. The maximum atomic E-state index is 12.9. The molecular weight excluding hydrogens is 520 g/mol. The van der Waals surface area contributed by atoms with Crippen molar-refractivity contribution < 1.29 is 43.6 Å². The number of dihydropyridines is 1. The first-order valence-electron chi connectivity index (χ1n) is 12.0. The molecule has 1 aliphatic rings. The van der Waals surface area contributed by atoms with Crippen LogP contribution in [0.5, 0.6) is 0 Å². The number of halogens is 1. The van der Waals surface area contributed by atoms with Crippen molar-refractivity contribution in [1.29, 1.82) is 0 Å². The number of allylic oxidation sites excluding steroid dienone is 1. The van der Waals surface area contributed by atoms with E-state index in [-0.39, 0.29) is 31.6 Å². The van der Waals surface area contributed by atoms with Crippen molar-refractivity contribution in [2.75, 3.05) is 33.5 Å². The zero-order chi connectivity index (χ0) is 28.7. The molecule has 0 fully saturated rings. The van der Waals surface area contributed by atoms with Crippen molar-refractivity contribution in [1.82, 2.24) is 5.32 Å². The van der Waals surface area contributed by atoms with E-state index in [2.05, 4.69) is 5.32 Å². The van der Waals surface area contributed by atoms with Crippen LogP contribution in [0, 0.1) is 0 Å². The third-order valence-electron chi connectivity index (χ3n) is 5.30. The lowest BCUT2D eigenvalue weighted by atomic mass is 9.80. The molecule has 0 saturated heterocycles. The fourth-order valence-corrected chi connectivity index (χ4v) is 3.92. The SMILES string of the molecule is CCOC(=O)C1=C(COCCN)NC(C)=C(C(=O)OC)C1c1ccccc1Cl.O=C(O)CCCCC(=O)O. The number of hydrogen-bond acceptors (Lipinski definition) is 9. The highest BCUT2D eigenvalue weighted by molar-refractivity contribution is 6.31. The smallest absolute Gasteiger partial charge is 0.336 e. The van der Waals surface area contributed by atoms with Gasteiger partial charge in [0, 0.05) is 30.1 Å². The van der Waals surface area contributed by atoms with Crippen LogP contribution in [0.25, 0.3) is 0 Å². The number of carboxylic acid groups (broad SMARTS) is 2. The highest BCUT2D eigenvalue weighted by atomic mass is 35.5. The topological polar surface area (TPSA) is 174 Å². The Morgan fingerprint density at radius 2 is 1.63 bits per heavy atom. The standard InChI is InChI=1S/C20H25ClN2O5.C6H10O4/c1-4-28-20(25)18-15(11-27-10-9-22)23-12(2)16(19(24)26-3)17(18)13-7-5-6-8-14(13)21;7-5(8)3-1-2-4-6(9)10/h5-8,17,23H,4,9-11,22H2,1-3H3;1-4H2,(H,7,8)(H,9,10). The van der Waals surface area contributed by atoms with E-state index in [9.17, 15) is 19.2 Å². The average molecular weight is 555 g/mol. The lowest BCUT2D eigenvalue weighted by molar-refractivity contribution is -0.139. The van der Waals surface area contributed by atoms with Gasteiger partial charge in [0.05, 0.1) is 49.7 Å². The largest absolute Gasteiger partial charge is 0.481 e. The lowest BCUT2D eigenvalue weighted by Gasteiger charge is -2.31. The number of unbranched alkanes of at least 4 members (excludes halogenated alkanes) is 1. The summed E-state index contributed by atoms with van der Waals surface area (Å²) >= 11 is 6.42. The summed E-state index contributed by atoms with van der Waals surface area (Å²) in [4.78, 5) is 45.3. The Balaban J connectivity index is 0.000000612. The molecule has 12 heteroatoms. The fraction of sp³-hybridized carbons (Fsp3) is 0.462. The second kappa shape index (κ2) is 17.2. The zero-order valence-electron chi connectivity index (χ0n) is 21.8. The Labute approximate surface area is 226 Å². The summed E-state index contributed by atoms with van der Waals surface area (Å²) in [6.07, 6.45) is 1.02. The van der Waals surface area contributed by atoms with Crippen molar-refractivity contribution in [3.05, 3.63) is 57.4 Å². The highest BCUT2D eigenvalue weighted by Gasteiger charge is 2.39. The van der Waals surface area contributed by atoms with Gasteiger partial charge in [-0.05, 0) is 38.3 Å². The molecule has 11 nitrogen and oxygen atoms in total. The molecule has 0 radical (unpaired) electrons. The summed E-state index contributed by atoms with van der Waals surface area (Å²) in [7, 11) is 1.29. The van der Waals surface area contributed by atoms with Gasteiger partial charge in [0.2, 0.25) is 0 Å². The molecule has 1 unspecified atom stereocenters. The Hall–Kier alpha value is -3.41. The zero-order valence-corrected chi connectivity index (χ0v) is 22.5. The van der Waals surface area contributed by atoms with E-state index in [0.717, 1.165) is 0 Å². The van der Waals surface area contributed by atoms with Crippen LogP contribution < -0.4 is 11.1 Å². The molecule has 1 heterocycles. The van der Waals surface area contributed by atoms with Crippen molar-refractivity contribution in [2.24, 2.45) is 5.73 Å². The van der Waals surface area contributed by atoms with E-state index >= 15 is 0 Å². The molecule has 38 heavy (non-hydrogen) atoms. The van der Waals surface area contributed by atoms with Gasteiger partial charge in [0.25, 0.3) is 0 Å². The molecule has 0 aromatic heterocycles. The molecule has 1 aromatic rings. The Morgan fingerprint density at radius 3 is 2.13 bits per heavy atom. The average Bonchev–Trinajstić information content (AvgIpc) is 2.86. The second-order valence-electron chi connectivity index (χ2n) is 8.06. The molecule has 1 aliphatic heterocycles. The van der Waals surface area contributed by atoms with Gasteiger partial charge < -0.3 is 35.5 Å². The van der Waals surface area contributed by atoms with Crippen LogP contribution in [0.4, 0.5) is 0 Å². The van der Waals surface area contributed by atoms with Crippen molar-refractivity contribution in [3.8, 4) is 0 Å². The minimum Gasteiger partial charge on any atom is -0.481 e. The molecule has 5 N–H and O–H groups in total. The van der Waals surface area contributed by atoms with Crippen LogP contribution in [-0.2, 0) is 33.4 Å². The summed E-state index contributed by atoms with van der Waals surface area (Å²) in [6.45, 7) is 4.42. The van der Waals surface area contributed by atoms with Gasteiger partial charge in [-0.15, -0.1) is 0 Å². The lowest BCUT2D eigenvalue weighted by Crippen LogP contribution is -2.35. The number of carbonyl (C=O) groups excluding carboxylic acids is 2. The quantitative estimate of drug-likeness (QED) is 0.208. The minimum atomic E-state index is -0.870. The van der Waals surface area contributed by atoms with Crippen molar-refractivity contribution >= 4 is 35.5 Å². The van der Waals surface area contributed by atoms with Crippen molar-refractivity contribution in [2.45, 2.75) is 45.4 Å². The fourth-order valence-electron chi connectivity index (χ4n) is 3.67. The number of nitrogens with two attached hydrogens (primary N) is 1. The van der Waals surface area contributed by atoms with E-state index in [1.807, 2.05) is 0 Å². The monoisotopic (exact) mass is 554 g/mol. The summed E-state index contributed by atoms with van der Waals surface area (Å²) < 4.78 is 15.8. The van der Waals surface area contributed by atoms with E-state index in [0.29, 0.717) is 53.5 Å². The van der Waals surface area contributed by atoms with Gasteiger partial charge in [0.1, 0.15) is 0 Å². The predicted molar refractivity (Wildman–Crippen MR) is 139 cm³/mol. The number of methoxy groups -OCH3 is 1. The van der Waals surface area contributed by atoms with Crippen LogP contribution in [0.2, 0.25) is 5.02 Å². The molecule has 0 amide bonds. The Kier molecular flexibility index (Phi) is 14.7. The summed E-state index contributed by atoms with van der Waals surface area (Å²) in [5.74, 6) is -3.60. The van der Waals surface area contributed by atoms with E-state index < -0.39 is 29.8 Å². The third kappa shape index (κ3) is 10.2. The number of carbonyl (C=O) groups is 4. The third-order valence-corrected chi connectivity index (χ3v) is 5.65. The number of benzene rings is 1. The number of rotatable bonds is 13. The molecule has 2 rings (SSSR count). The Morgan fingerprint density at radius 1 is 1.03 bits per heavy atom. The van der Waals surface area contributed by atoms with Crippen molar-refractivity contribution in [3.63, 3.8) is 0 Å². The van der Waals surface area contributed by atoms with Gasteiger partial charge in [-0.1, -0.05) is 29.8 Å². The molecular formula is C26H35ClN2O9. The number of ether oxygens (including phenoxy) is 3. The Bertz CT molecular complexity index is 1040. The molecule has 210 valence electrons. The number of carboxylic acids is 2. The maximum absolute atomic E-state index is 12.9. The molecule has 0 spiro atoms. The summed E-state index contributed by atoms with van der Waals surface area (Å²) in [6, 6.07) is 7.05. The van der Waals surface area contributed by atoms with Gasteiger partial charge in [-0.25, -0.2) is 9.59 Å². The minimum absolute atomic E-state index is 0.0628. The normalized spacial score (nSPS) is 14.7. The van der Waals surface area contributed by atoms with Gasteiger partial charge >= 0.3 is 23.9 Å². The second-order valence-corrected chi connectivity index (χ2v) is 8.47. The van der Waals surface area contributed by atoms with Crippen LogP contribution >= 0.6 is 11.6 Å². The number of hydrogen-bond donors (Lipinski definition) is 4. The van der Waals surface area contributed by atoms with E-state index in [1.165, 1.54) is 7.11 Å². The first-order chi connectivity index (χ1) is 18.1. The molecule has 0 saturated carbocycles. The van der Waals surface area contributed by atoms with E-state index in [1.54, 1.807) is 38.1 Å². The maximum Gasteiger partial charge on any atom is 0.336 e. The van der Waals surface area contributed by atoms with Crippen LogP contribution in [0.1, 0.15) is 51.0 Å².